The fraction of sp³-hybridized carbons (Fsp3) is 0.286. The summed E-state index contributed by atoms with van der Waals surface area (Å²) in [5.41, 5.74) is 2.53. The van der Waals surface area contributed by atoms with Crippen molar-refractivity contribution in [2.24, 2.45) is 5.10 Å². The predicted octanol–water partition coefficient (Wildman–Crippen LogP) is 3.52. The summed E-state index contributed by atoms with van der Waals surface area (Å²) < 4.78 is 10.8. The van der Waals surface area contributed by atoms with Crippen LogP contribution in [0.25, 0.3) is 0 Å². The van der Waals surface area contributed by atoms with Gasteiger partial charge >= 0.3 is 0 Å². The van der Waals surface area contributed by atoms with Crippen LogP contribution in [0.15, 0.2) is 47.6 Å². The standard InChI is InChI=1S/C21H23N3O4/c1-4-28-18-10-8-15(13-19(18)27-3)22-21(26)17-9-11-20(25)24(23-17)16-7-5-6-14(2)12-16/h5-8,10,12-13H,4,9,11H2,1-3H3,(H,22,26). The third kappa shape index (κ3) is 4.31. The Kier molecular flexibility index (Phi) is 5.93. The van der Waals surface area contributed by atoms with Crippen molar-refractivity contribution < 1.29 is 19.1 Å². The maximum atomic E-state index is 12.7. The molecule has 0 bridgehead atoms. The Morgan fingerprint density at radius 3 is 2.71 bits per heavy atom. The molecular formula is C21H23N3O4. The fourth-order valence-corrected chi connectivity index (χ4v) is 2.90. The minimum atomic E-state index is -0.351. The molecule has 7 heteroatoms. The average Bonchev–Trinajstić information content (AvgIpc) is 2.69. The summed E-state index contributed by atoms with van der Waals surface area (Å²) in [5.74, 6) is 0.650. The second kappa shape index (κ2) is 8.56. The lowest BCUT2D eigenvalue weighted by molar-refractivity contribution is -0.118. The number of carbonyl (C=O) groups is 2. The Hall–Kier alpha value is -3.35. The number of hydrogen-bond donors (Lipinski definition) is 1. The molecule has 7 nitrogen and oxygen atoms in total. The van der Waals surface area contributed by atoms with Crippen LogP contribution in [0, 0.1) is 6.92 Å². The van der Waals surface area contributed by atoms with Gasteiger partial charge in [0.15, 0.2) is 11.5 Å². The van der Waals surface area contributed by atoms with Gasteiger partial charge in [0, 0.05) is 24.6 Å². The smallest absolute Gasteiger partial charge is 0.271 e. The highest BCUT2D eigenvalue weighted by molar-refractivity contribution is 6.44. The molecule has 0 fully saturated rings. The van der Waals surface area contributed by atoms with Crippen LogP contribution in [-0.4, -0.2) is 31.2 Å². The number of hydrazone groups is 1. The van der Waals surface area contributed by atoms with E-state index in [0.29, 0.717) is 41.6 Å². The summed E-state index contributed by atoms with van der Waals surface area (Å²) in [6.07, 6.45) is 0.522. The van der Waals surface area contributed by atoms with Crippen molar-refractivity contribution in [3.05, 3.63) is 48.0 Å². The molecule has 0 atom stereocenters. The first-order valence-electron chi connectivity index (χ1n) is 9.11. The molecule has 1 aliphatic rings. The number of rotatable bonds is 6. The summed E-state index contributed by atoms with van der Waals surface area (Å²) in [6.45, 7) is 4.34. The number of carbonyl (C=O) groups excluding carboxylic acids is 2. The van der Waals surface area contributed by atoms with Crippen LogP contribution in [0.1, 0.15) is 25.3 Å². The summed E-state index contributed by atoms with van der Waals surface area (Å²) in [4.78, 5) is 24.9. The number of aryl methyl sites for hydroxylation is 1. The van der Waals surface area contributed by atoms with E-state index in [1.165, 1.54) is 5.01 Å². The lowest BCUT2D eigenvalue weighted by Gasteiger charge is -2.23. The van der Waals surface area contributed by atoms with Crippen LogP contribution in [0.4, 0.5) is 11.4 Å². The molecule has 0 saturated heterocycles. The molecule has 3 rings (SSSR count). The van der Waals surface area contributed by atoms with E-state index in [-0.39, 0.29) is 18.2 Å². The number of nitrogens with zero attached hydrogens (tertiary/aromatic N) is 2. The fourth-order valence-electron chi connectivity index (χ4n) is 2.90. The Morgan fingerprint density at radius 1 is 1.18 bits per heavy atom. The Morgan fingerprint density at radius 2 is 2.00 bits per heavy atom. The first-order valence-corrected chi connectivity index (χ1v) is 9.11. The number of anilines is 2. The average molecular weight is 381 g/mol. The number of methoxy groups -OCH3 is 1. The van der Waals surface area contributed by atoms with Crippen LogP contribution < -0.4 is 19.8 Å². The Bertz CT molecular complexity index is 924. The van der Waals surface area contributed by atoms with Gasteiger partial charge in [-0.25, -0.2) is 5.01 Å². The molecule has 1 aliphatic heterocycles. The number of hydrogen-bond acceptors (Lipinski definition) is 5. The van der Waals surface area contributed by atoms with Crippen LogP contribution in [0.5, 0.6) is 11.5 Å². The van der Waals surface area contributed by atoms with Gasteiger partial charge in [0.25, 0.3) is 5.91 Å². The predicted molar refractivity (Wildman–Crippen MR) is 108 cm³/mol. The third-order valence-corrected chi connectivity index (χ3v) is 4.26. The van der Waals surface area contributed by atoms with E-state index in [1.54, 1.807) is 31.4 Å². The van der Waals surface area contributed by atoms with Crippen molar-refractivity contribution >= 4 is 28.9 Å². The summed E-state index contributed by atoms with van der Waals surface area (Å²) in [7, 11) is 1.54. The molecule has 1 N–H and O–H groups in total. The van der Waals surface area contributed by atoms with Crippen molar-refractivity contribution in [3.8, 4) is 11.5 Å². The molecule has 0 unspecified atom stereocenters. The molecule has 2 aromatic carbocycles. The molecule has 0 aromatic heterocycles. The van der Waals surface area contributed by atoms with Crippen molar-refractivity contribution in [1.29, 1.82) is 0 Å². The van der Waals surface area contributed by atoms with Gasteiger partial charge in [-0.05, 0) is 43.7 Å². The second-order valence-corrected chi connectivity index (χ2v) is 6.34. The van der Waals surface area contributed by atoms with Crippen LogP contribution in [0.3, 0.4) is 0 Å². The summed E-state index contributed by atoms with van der Waals surface area (Å²) >= 11 is 0. The van der Waals surface area contributed by atoms with E-state index in [2.05, 4.69) is 10.4 Å². The van der Waals surface area contributed by atoms with Crippen molar-refractivity contribution in [3.63, 3.8) is 0 Å². The Labute approximate surface area is 163 Å². The van der Waals surface area contributed by atoms with E-state index < -0.39 is 0 Å². The highest BCUT2D eigenvalue weighted by Gasteiger charge is 2.26. The maximum Gasteiger partial charge on any atom is 0.271 e. The number of nitrogens with one attached hydrogen (secondary N) is 1. The van der Waals surface area contributed by atoms with Crippen LogP contribution in [-0.2, 0) is 9.59 Å². The molecule has 2 amide bonds. The minimum absolute atomic E-state index is 0.134. The van der Waals surface area contributed by atoms with Gasteiger partial charge in [-0.3, -0.25) is 9.59 Å². The van der Waals surface area contributed by atoms with E-state index in [1.807, 2.05) is 32.0 Å². The van der Waals surface area contributed by atoms with Gasteiger partial charge in [-0.15, -0.1) is 0 Å². The van der Waals surface area contributed by atoms with Crippen molar-refractivity contribution in [2.75, 3.05) is 24.0 Å². The number of ether oxygens (including phenoxy) is 2. The highest BCUT2D eigenvalue weighted by Crippen LogP contribution is 2.30. The van der Waals surface area contributed by atoms with E-state index in [4.69, 9.17) is 9.47 Å². The van der Waals surface area contributed by atoms with Gasteiger partial charge in [0.05, 0.1) is 19.4 Å². The topological polar surface area (TPSA) is 80.2 Å². The van der Waals surface area contributed by atoms with Gasteiger partial charge in [0.1, 0.15) is 5.71 Å². The second-order valence-electron chi connectivity index (χ2n) is 6.34. The van der Waals surface area contributed by atoms with Crippen LogP contribution >= 0.6 is 0 Å². The highest BCUT2D eigenvalue weighted by atomic mass is 16.5. The Balaban J connectivity index is 1.80. The molecule has 0 spiro atoms. The molecule has 146 valence electrons. The molecule has 2 aromatic rings. The van der Waals surface area contributed by atoms with Crippen molar-refractivity contribution in [2.45, 2.75) is 26.7 Å². The minimum Gasteiger partial charge on any atom is -0.493 e. The van der Waals surface area contributed by atoms with Crippen LogP contribution in [0.2, 0.25) is 0 Å². The molecule has 28 heavy (non-hydrogen) atoms. The largest absolute Gasteiger partial charge is 0.493 e. The third-order valence-electron chi connectivity index (χ3n) is 4.26. The lowest BCUT2D eigenvalue weighted by Crippen LogP contribution is -2.36. The first-order chi connectivity index (χ1) is 13.5. The normalized spacial score (nSPS) is 13.8. The molecule has 1 heterocycles. The van der Waals surface area contributed by atoms with E-state index in [9.17, 15) is 9.59 Å². The summed E-state index contributed by atoms with van der Waals surface area (Å²) in [5, 5.41) is 8.40. The zero-order valence-electron chi connectivity index (χ0n) is 16.2. The zero-order chi connectivity index (χ0) is 20.1. The van der Waals surface area contributed by atoms with Gasteiger partial charge in [0.2, 0.25) is 5.91 Å². The van der Waals surface area contributed by atoms with Gasteiger partial charge in [-0.2, -0.15) is 5.10 Å². The number of benzene rings is 2. The maximum absolute atomic E-state index is 12.7. The molecule has 0 aliphatic carbocycles. The van der Waals surface area contributed by atoms with E-state index in [0.717, 1.165) is 5.56 Å². The lowest BCUT2D eigenvalue weighted by atomic mass is 10.1. The first kappa shape index (κ1) is 19.4. The quantitative estimate of drug-likeness (QED) is 0.830. The van der Waals surface area contributed by atoms with Gasteiger partial charge in [-0.1, -0.05) is 12.1 Å². The monoisotopic (exact) mass is 381 g/mol. The molecular weight excluding hydrogens is 358 g/mol. The molecule has 0 radical (unpaired) electrons. The zero-order valence-corrected chi connectivity index (χ0v) is 16.2. The van der Waals surface area contributed by atoms with Crippen molar-refractivity contribution in [1.82, 2.24) is 0 Å². The molecule has 0 saturated carbocycles. The number of amides is 2. The SMILES string of the molecule is CCOc1ccc(NC(=O)C2=NN(c3cccc(C)c3)C(=O)CC2)cc1OC. The van der Waals surface area contributed by atoms with Gasteiger partial charge < -0.3 is 14.8 Å². The van der Waals surface area contributed by atoms with E-state index >= 15 is 0 Å². The summed E-state index contributed by atoms with van der Waals surface area (Å²) in [6, 6.07) is 12.6.